The van der Waals surface area contributed by atoms with Crippen LogP contribution in [0.4, 0.5) is 0 Å². The molecule has 1 nitrogen and oxygen atoms in total. The third kappa shape index (κ3) is 1.63. The van der Waals surface area contributed by atoms with E-state index in [9.17, 15) is 0 Å². The van der Waals surface area contributed by atoms with Crippen LogP contribution in [-0.2, 0) is 11.8 Å². The number of rotatable bonds is 1. The molecule has 0 aliphatic heterocycles. The molecule has 0 bridgehead atoms. The van der Waals surface area contributed by atoms with Crippen molar-refractivity contribution in [2.24, 2.45) is 11.7 Å². The Morgan fingerprint density at radius 1 is 1.35 bits per heavy atom. The van der Waals surface area contributed by atoms with Gasteiger partial charge in [-0.3, -0.25) is 0 Å². The molecule has 1 aromatic rings. The second kappa shape index (κ2) is 4.13. The van der Waals surface area contributed by atoms with E-state index in [0.717, 1.165) is 5.92 Å². The molecule has 0 aromatic heterocycles. The second-order valence-corrected chi connectivity index (χ2v) is 5.98. The maximum atomic E-state index is 6.26. The molecule has 2 N–H and O–H groups in total. The van der Waals surface area contributed by atoms with E-state index >= 15 is 0 Å². The van der Waals surface area contributed by atoms with Crippen LogP contribution in [0.2, 0.25) is 0 Å². The van der Waals surface area contributed by atoms with Gasteiger partial charge in [0.2, 0.25) is 0 Å². The standard InChI is InChI=1S/C16H23N/c1-2-13-10-12-6-3-4-8-15(12)16(13)9-5-7-14(17)11-16/h3-4,6,8,13-14H,2,5,7,9-11,17H2,1H3. The Hall–Kier alpha value is -0.820. The van der Waals surface area contributed by atoms with Crippen molar-refractivity contribution in [3.8, 4) is 0 Å². The van der Waals surface area contributed by atoms with Crippen LogP contribution in [0.1, 0.15) is 50.2 Å². The molecule has 1 heteroatoms. The van der Waals surface area contributed by atoms with Gasteiger partial charge >= 0.3 is 0 Å². The zero-order chi connectivity index (χ0) is 11.9. The average molecular weight is 229 g/mol. The summed E-state index contributed by atoms with van der Waals surface area (Å²) >= 11 is 0. The summed E-state index contributed by atoms with van der Waals surface area (Å²) in [5, 5.41) is 0. The molecule has 0 radical (unpaired) electrons. The average Bonchev–Trinajstić information content (AvgIpc) is 2.64. The zero-order valence-corrected chi connectivity index (χ0v) is 10.8. The minimum Gasteiger partial charge on any atom is -0.328 e. The van der Waals surface area contributed by atoms with E-state index in [-0.39, 0.29) is 0 Å². The van der Waals surface area contributed by atoms with Crippen LogP contribution in [0.25, 0.3) is 0 Å². The van der Waals surface area contributed by atoms with Gasteiger partial charge in [0.15, 0.2) is 0 Å². The van der Waals surface area contributed by atoms with Gasteiger partial charge in [0.25, 0.3) is 0 Å². The second-order valence-electron chi connectivity index (χ2n) is 5.98. The third-order valence-electron chi connectivity index (χ3n) is 5.12. The van der Waals surface area contributed by atoms with Crippen molar-refractivity contribution in [3.63, 3.8) is 0 Å². The smallest absolute Gasteiger partial charge is 0.00474 e. The van der Waals surface area contributed by atoms with Crippen molar-refractivity contribution in [1.82, 2.24) is 0 Å². The molecule has 0 saturated heterocycles. The van der Waals surface area contributed by atoms with E-state index in [1.807, 2.05) is 0 Å². The fraction of sp³-hybridized carbons (Fsp3) is 0.625. The first-order valence-electron chi connectivity index (χ1n) is 7.10. The van der Waals surface area contributed by atoms with Gasteiger partial charge < -0.3 is 5.73 Å². The van der Waals surface area contributed by atoms with Crippen LogP contribution in [0.3, 0.4) is 0 Å². The summed E-state index contributed by atoms with van der Waals surface area (Å²) in [6.07, 6.45) is 7.67. The quantitative estimate of drug-likeness (QED) is 0.784. The fourth-order valence-corrected chi connectivity index (χ4v) is 4.37. The molecule has 3 unspecified atom stereocenters. The predicted molar refractivity (Wildman–Crippen MR) is 72.0 cm³/mol. The van der Waals surface area contributed by atoms with Gasteiger partial charge in [-0.2, -0.15) is 0 Å². The number of benzene rings is 1. The summed E-state index contributed by atoms with van der Waals surface area (Å²) in [5.74, 6) is 0.825. The monoisotopic (exact) mass is 229 g/mol. The van der Waals surface area contributed by atoms with Gasteiger partial charge in [-0.25, -0.2) is 0 Å². The number of hydrogen-bond acceptors (Lipinski definition) is 1. The molecule has 1 saturated carbocycles. The van der Waals surface area contributed by atoms with Gasteiger partial charge in [0.1, 0.15) is 0 Å². The van der Waals surface area contributed by atoms with Gasteiger partial charge in [0, 0.05) is 11.5 Å². The maximum Gasteiger partial charge on any atom is 0.00474 e. The summed E-state index contributed by atoms with van der Waals surface area (Å²) in [6.45, 7) is 2.35. The lowest BCUT2D eigenvalue weighted by Gasteiger charge is -2.42. The molecular weight excluding hydrogens is 206 g/mol. The van der Waals surface area contributed by atoms with Crippen molar-refractivity contribution < 1.29 is 0 Å². The van der Waals surface area contributed by atoms with E-state index in [2.05, 4.69) is 31.2 Å². The van der Waals surface area contributed by atoms with Crippen molar-refractivity contribution in [2.45, 2.75) is 56.9 Å². The SMILES string of the molecule is CCC1Cc2ccccc2C12CCCC(N)C2. The summed E-state index contributed by atoms with van der Waals surface area (Å²) in [7, 11) is 0. The maximum absolute atomic E-state index is 6.26. The van der Waals surface area contributed by atoms with E-state index in [0.29, 0.717) is 11.5 Å². The van der Waals surface area contributed by atoms with Crippen molar-refractivity contribution in [1.29, 1.82) is 0 Å². The highest BCUT2D eigenvalue weighted by molar-refractivity contribution is 5.41. The van der Waals surface area contributed by atoms with E-state index in [4.69, 9.17) is 5.73 Å². The molecule has 3 rings (SSSR count). The highest BCUT2D eigenvalue weighted by Gasteiger charge is 2.47. The summed E-state index contributed by atoms with van der Waals surface area (Å²) in [5.41, 5.74) is 9.90. The number of hydrogen-bond donors (Lipinski definition) is 1. The molecule has 1 spiro atoms. The first kappa shape index (κ1) is 11.3. The Morgan fingerprint density at radius 3 is 2.94 bits per heavy atom. The Bertz CT molecular complexity index is 412. The van der Waals surface area contributed by atoms with E-state index in [1.165, 1.54) is 38.5 Å². The highest BCUT2D eigenvalue weighted by atomic mass is 14.7. The highest BCUT2D eigenvalue weighted by Crippen LogP contribution is 2.52. The largest absolute Gasteiger partial charge is 0.328 e. The lowest BCUT2D eigenvalue weighted by molar-refractivity contribution is 0.188. The van der Waals surface area contributed by atoms with Gasteiger partial charge in [0.05, 0.1) is 0 Å². The molecular formula is C16H23N. The topological polar surface area (TPSA) is 26.0 Å². The van der Waals surface area contributed by atoms with Gasteiger partial charge in [-0.1, -0.05) is 44.0 Å². The lowest BCUT2D eigenvalue weighted by Crippen LogP contribution is -2.42. The Kier molecular flexibility index (Phi) is 2.74. The van der Waals surface area contributed by atoms with E-state index in [1.54, 1.807) is 11.1 Å². The molecule has 17 heavy (non-hydrogen) atoms. The molecule has 0 amide bonds. The molecule has 2 aliphatic rings. The zero-order valence-electron chi connectivity index (χ0n) is 10.8. The molecule has 92 valence electrons. The summed E-state index contributed by atoms with van der Waals surface area (Å²) in [4.78, 5) is 0. The molecule has 2 aliphatic carbocycles. The van der Waals surface area contributed by atoms with Crippen molar-refractivity contribution in [2.75, 3.05) is 0 Å². The fourth-order valence-electron chi connectivity index (χ4n) is 4.37. The van der Waals surface area contributed by atoms with Crippen LogP contribution in [-0.4, -0.2) is 6.04 Å². The molecule has 1 aromatic carbocycles. The Morgan fingerprint density at radius 2 is 2.18 bits per heavy atom. The molecule has 0 heterocycles. The van der Waals surface area contributed by atoms with Crippen LogP contribution in [0.15, 0.2) is 24.3 Å². The lowest BCUT2D eigenvalue weighted by atomic mass is 9.63. The minimum absolute atomic E-state index is 0.420. The summed E-state index contributed by atoms with van der Waals surface area (Å²) < 4.78 is 0. The Balaban J connectivity index is 2.05. The van der Waals surface area contributed by atoms with Gasteiger partial charge in [-0.05, 0) is 42.7 Å². The normalized spacial score (nSPS) is 36.1. The third-order valence-corrected chi connectivity index (χ3v) is 5.12. The van der Waals surface area contributed by atoms with Crippen LogP contribution >= 0.6 is 0 Å². The minimum atomic E-state index is 0.420. The predicted octanol–water partition coefficient (Wildman–Crippen LogP) is 3.41. The van der Waals surface area contributed by atoms with Crippen molar-refractivity contribution in [3.05, 3.63) is 35.4 Å². The van der Waals surface area contributed by atoms with E-state index < -0.39 is 0 Å². The van der Waals surface area contributed by atoms with Crippen molar-refractivity contribution >= 4 is 0 Å². The van der Waals surface area contributed by atoms with Gasteiger partial charge in [-0.15, -0.1) is 0 Å². The Labute approximate surface area is 104 Å². The number of nitrogens with two attached hydrogens (primary N) is 1. The first-order valence-corrected chi connectivity index (χ1v) is 7.10. The number of fused-ring (bicyclic) bond motifs is 2. The summed E-state index contributed by atoms with van der Waals surface area (Å²) in [6, 6.07) is 9.51. The molecule has 1 fully saturated rings. The van der Waals surface area contributed by atoms with Crippen LogP contribution in [0.5, 0.6) is 0 Å². The molecule has 3 atom stereocenters. The van der Waals surface area contributed by atoms with Crippen LogP contribution < -0.4 is 5.73 Å². The first-order chi connectivity index (χ1) is 8.26. The van der Waals surface area contributed by atoms with Crippen LogP contribution in [0, 0.1) is 5.92 Å².